The van der Waals surface area contributed by atoms with Gasteiger partial charge in [-0.2, -0.15) is 0 Å². The number of carbonyl (C=O) groups excluding carboxylic acids is 1. The molecule has 1 saturated carbocycles. The van der Waals surface area contributed by atoms with Gasteiger partial charge in [0.1, 0.15) is 5.82 Å². The number of nitrogens with one attached hydrogen (secondary N) is 1. The molecule has 1 aliphatic carbocycles. The smallest absolute Gasteiger partial charge is 0.256 e. The monoisotopic (exact) mass is 327 g/mol. The van der Waals surface area contributed by atoms with Gasteiger partial charge in [-0.1, -0.05) is 6.42 Å². The largest absolute Gasteiger partial charge is 0.340 e. The number of nitrogens with zero attached hydrogens (tertiary/aromatic N) is 3. The third-order valence-corrected chi connectivity index (χ3v) is 5.97. The van der Waals surface area contributed by atoms with E-state index in [1.54, 1.807) is 6.20 Å². The van der Waals surface area contributed by atoms with Crippen molar-refractivity contribution in [1.29, 1.82) is 0 Å². The van der Waals surface area contributed by atoms with Crippen LogP contribution < -0.4 is 5.73 Å². The number of aromatic amines is 1. The maximum absolute atomic E-state index is 13.3. The van der Waals surface area contributed by atoms with Gasteiger partial charge in [-0.05, 0) is 51.6 Å². The fourth-order valence-corrected chi connectivity index (χ4v) is 4.48. The summed E-state index contributed by atoms with van der Waals surface area (Å²) in [6.07, 6.45) is 8.52. The second-order valence-electron chi connectivity index (χ2n) is 7.31. The number of fused-ring (bicyclic) bond motifs is 1. The van der Waals surface area contributed by atoms with Gasteiger partial charge in [0, 0.05) is 24.2 Å². The molecule has 24 heavy (non-hydrogen) atoms. The highest BCUT2D eigenvalue weighted by Crippen LogP contribution is 2.48. The summed E-state index contributed by atoms with van der Waals surface area (Å²) < 4.78 is 0. The number of aryl methyl sites for hydroxylation is 1. The summed E-state index contributed by atoms with van der Waals surface area (Å²) in [4.78, 5) is 27.2. The topological polar surface area (TPSA) is 87.9 Å². The maximum Gasteiger partial charge on any atom is 0.256 e. The molecule has 6 heteroatoms. The summed E-state index contributed by atoms with van der Waals surface area (Å²) in [6.45, 7) is 3.38. The fourth-order valence-electron chi connectivity index (χ4n) is 4.48. The minimum Gasteiger partial charge on any atom is -0.340 e. The van der Waals surface area contributed by atoms with E-state index in [0.29, 0.717) is 17.8 Å². The molecule has 2 aliphatic rings. The van der Waals surface area contributed by atoms with Crippen molar-refractivity contribution < 1.29 is 4.79 Å². The standard InChI is InChI=1S/C18H25N5O/c1-12-21-15-13(6-9-20-16(15)22-12)17(24)23-10-3-2-5-14(23)18(11-19)7-4-8-18/h6,9,14H,2-5,7-8,10-11,19H2,1H3,(H,20,21,22). The Balaban J connectivity index is 1.71. The Morgan fingerprint density at radius 1 is 1.42 bits per heavy atom. The van der Waals surface area contributed by atoms with Crippen LogP contribution in [0.5, 0.6) is 0 Å². The number of rotatable bonds is 3. The number of hydrogen-bond acceptors (Lipinski definition) is 4. The van der Waals surface area contributed by atoms with Gasteiger partial charge in [0.2, 0.25) is 0 Å². The number of likely N-dealkylation sites (tertiary alicyclic amines) is 1. The van der Waals surface area contributed by atoms with Crippen LogP contribution in [0.25, 0.3) is 11.2 Å². The Hall–Kier alpha value is -1.95. The van der Waals surface area contributed by atoms with Gasteiger partial charge in [0.25, 0.3) is 5.91 Å². The van der Waals surface area contributed by atoms with Gasteiger partial charge >= 0.3 is 0 Å². The minimum atomic E-state index is 0.0930. The molecule has 0 radical (unpaired) electrons. The first kappa shape index (κ1) is 15.6. The number of hydrogen-bond donors (Lipinski definition) is 2. The van der Waals surface area contributed by atoms with Crippen molar-refractivity contribution in [1.82, 2.24) is 19.9 Å². The second-order valence-corrected chi connectivity index (χ2v) is 7.31. The Morgan fingerprint density at radius 2 is 2.25 bits per heavy atom. The van der Waals surface area contributed by atoms with E-state index in [-0.39, 0.29) is 17.4 Å². The van der Waals surface area contributed by atoms with Gasteiger partial charge < -0.3 is 15.6 Å². The molecule has 1 aliphatic heterocycles. The molecule has 3 heterocycles. The molecule has 6 nitrogen and oxygen atoms in total. The molecule has 1 atom stereocenters. The lowest BCUT2D eigenvalue weighted by molar-refractivity contribution is -0.00867. The van der Waals surface area contributed by atoms with Gasteiger partial charge in [-0.3, -0.25) is 4.79 Å². The van der Waals surface area contributed by atoms with E-state index in [4.69, 9.17) is 5.73 Å². The van der Waals surface area contributed by atoms with Crippen LogP contribution >= 0.6 is 0 Å². The Labute approximate surface area is 141 Å². The second kappa shape index (κ2) is 5.84. The van der Waals surface area contributed by atoms with Crippen molar-refractivity contribution in [2.24, 2.45) is 11.1 Å². The van der Waals surface area contributed by atoms with Crippen LogP contribution in [0.1, 0.15) is 54.7 Å². The lowest BCUT2D eigenvalue weighted by atomic mass is 9.61. The van der Waals surface area contributed by atoms with Crippen molar-refractivity contribution in [3.8, 4) is 0 Å². The van der Waals surface area contributed by atoms with Crippen LogP contribution in [0.3, 0.4) is 0 Å². The van der Waals surface area contributed by atoms with Gasteiger partial charge in [0.15, 0.2) is 5.65 Å². The molecule has 0 spiro atoms. The zero-order valence-electron chi connectivity index (χ0n) is 14.2. The average Bonchev–Trinajstić information content (AvgIpc) is 2.94. The summed E-state index contributed by atoms with van der Waals surface area (Å²) >= 11 is 0. The Kier molecular flexibility index (Phi) is 3.79. The highest BCUT2D eigenvalue weighted by atomic mass is 16.2. The number of amides is 1. The fraction of sp³-hybridized carbons (Fsp3) is 0.611. The SMILES string of the molecule is Cc1nc2nccc(C(=O)N3CCCCC3C3(CN)CCC3)c2[nH]1. The van der Waals surface area contributed by atoms with Crippen molar-refractivity contribution in [2.45, 2.75) is 51.5 Å². The summed E-state index contributed by atoms with van der Waals surface area (Å²) in [5, 5.41) is 0. The summed E-state index contributed by atoms with van der Waals surface area (Å²) in [5.41, 5.74) is 8.31. The van der Waals surface area contributed by atoms with Gasteiger partial charge in [-0.15, -0.1) is 0 Å². The number of carbonyl (C=O) groups is 1. The molecule has 1 unspecified atom stereocenters. The van der Waals surface area contributed by atoms with Crippen LogP contribution in [0.4, 0.5) is 0 Å². The zero-order chi connectivity index (χ0) is 16.7. The number of nitrogens with two attached hydrogens (primary N) is 1. The molecule has 0 aromatic carbocycles. The van der Waals surface area contributed by atoms with Crippen LogP contribution in [-0.4, -0.2) is 44.9 Å². The molecular weight excluding hydrogens is 302 g/mol. The molecule has 2 aromatic rings. The first-order valence-electron chi connectivity index (χ1n) is 8.97. The molecule has 3 N–H and O–H groups in total. The number of H-pyrrole nitrogens is 1. The predicted octanol–water partition coefficient (Wildman–Crippen LogP) is 2.39. The lowest BCUT2D eigenvalue weighted by Crippen LogP contribution is -2.58. The lowest BCUT2D eigenvalue weighted by Gasteiger charge is -2.53. The molecule has 0 bridgehead atoms. The molecule has 2 aromatic heterocycles. The average molecular weight is 327 g/mol. The highest BCUT2D eigenvalue weighted by molar-refractivity contribution is 6.04. The maximum atomic E-state index is 13.3. The number of aromatic nitrogens is 3. The van der Waals surface area contributed by atoms with Gasteiger partial charge in [0.05, 0.1) is 11.1 Å². The molecule has 1 amide bonds. The molecule has 128 valence electrons. The number of pyridine rings is 1. The van der Waals surface area contributed by atoms with Crippen LogP contribution in [-0.2, 0) is 0 Å². The molecule has 4 rings (SSSR count). The van der Waals surface area contributed by atoms with Crippen molar-refractivity contribution in [3.63, 3.8) is 0 Å². The van der Waals surface area contributed by atoms with E-state index in [1.165, 1.54) is 12.8 Å². The first-order chi connectivity index (χ1) is 11.6. The van der Waals surface area contributed by atoms with Crippen molar-refractivity contribution >= 4 is 17.1 Å². The predicted molar refractivity (Wildman–Crippen MR) is 92.6 cm³/mol. The van der Waals surface area contributed by atoms with E-state index in [1.807, 2.05) is 13.0 Å². The van der Waals surface area contributed by atoms with E-state index in [2.05, 4.69) is 19.9 Å². The van der Waals surface area contributed by atoms with Crippen LogP contribution in [0, 0.1) is 12.3 Å². The van der Waals surface area contributed by atoms with E-state index in [9.17, 15) is 4.79 Å². The Morgan fingerprint density at radius 3 is 2.96 bits per heavy atom. The molecule has 2 fully saturated rings. The first-order valence-corrected chi connectivity index (χ1v) is 8.97. The van der Waals surface area contributed by atoms with Crippen LogP contribution in [0.15, 0.2) is 12.3 Å². The zero-order valence-corrected chi connectivity index (χ0v) is 14.2. The Bertz CT molecular complexity index is 758. The van der Waals surface area contributed by atoms with E-state index < -0.39 is 0 Å². The number of piperidine rings is 1. The van der Waals surface area contributed by atoms with Crippen LogP contribution in [0.2, 0.25) is 0 Å². The number of imidazole rings is 1. The summed E-state index contributed by atoms with van der Waals surface area (Å²) in [6, 6.07) is 2.08. The van der Waals surface area contributed by atoms with Crippen molar-refractivity contribution in [3.05, 3.63) is 23.7 Å². The summed E-state index contributed by atoms with van der Waals surface area (Å²) in [7, 11) is 0. The van der Waals surface area contributed by atoms with Crippen molar-refractivity contribution in [2.75, 3.05) is 13.1 Å². The van der Waals surface area contributed by atoms with E-state index >= 15 is 0 Å². The molecular formula is C18H25N5O. The quantitative estimate of drug-likeness (QED) is 0.906. The normalized spacial score (nSPS) is 23.2. The highest BCUT2D eigenvalue weighted by Gasteiger charge is 2.47. The minimum absolute atomic E-state index is 0.0930. The third-order valence-electron chi connectivity index (χ3n) is 5.97. The molecule has 1 saturated heterocycles. The van der Waals surface area contributed by atoms with E-state index in [0.717, 1.165) is 43.6 Å². The summed E-state index contributed by atoms with van der Waals surface area (Å²) in [5.74, 6) is 0.876. The third kappa shape index (κ3) is 2.32. The van der Waals surface area contributed by atoms with Gasteiger partial charge in [-0.25, -0.2) is 9.97 Å².